The number of carbonyl (C=O) groups excluding carboxylic acids is 2. The molecule has 0 radical (unpaired) electrons. The van der Waals surface area contributed by atoms with Crippen molar-refractivity contribution in [1.82, 2.24) is 10.2 Å². The van der Waals surface area contributed by atoms with Gasteiger partial charge in [-0.15, -0.1) is 10.2 Å². The van der Waals surface area contributed by atoms with Gasteiger partial charge in [0.1, 0.15) is 18.1 Å². The van der Waals surface area contributed by atoms with Gasteiger partial charge < -0.3 is 19.7 Å². The Balaban J connectivity index is 1.35. The predicted molar refractivity (Wildman–Crippen MR) is 190 cm³/mol. The van der Waals surface area contributed by atoms with Gasteiger partial charge in [-0.1, -0.05) is 77.2 Å². The van der Waals surface area contributed by atoms with Crippen LogP contribution in [0.1, 0.15) is 39.4 Å². The Kier molecular flexibility index (Phi) is 9.86. The lowest BCUT2D eigenvalue weighted by atomic mass is 9.95. The van der Waals surface area contributed by atoms with Crippen molar-refractivity contribution in [2.45, 2.75) is 36.6 Å². The molecule has 0 spiro atoms. The molecule has 6 rings (SSSR count). The number of ether oxygens (including phenoxy) is 2. The Morgan fingerprint density at radius 2 is 1.73 bits per heavy atom. The third-order valence-electron chi connectivity index (χ3n) is 7.90. The standard InChI is InChI=1S/C36H30BrN3O6S2/c1-20-8-10-22(11-9-20)19-47-36-39-38-35(48-36)40-30(25-16-27(37)32(42)28(17-25)45-3)29(33(43)34(40)44)31(41)23-12-14-26(15-13-23)46-18-24-7-5-4-6-21(24)2/h4-17,30,41-42H,18-19H2,1-3H3. The van der Waals surface area contributed by atoms with Gasteiger partial charge in [-0.25, -0.2) is 0 Å². The largest absolute Gasteiger partial charge is 0.507 e. The number of Topliss-reactive ketones (excluding diaryl/α,β-unsaturated/α-hetero) is 1. The molecule has 1 aromatic heterocycles. The van der Waals surface area contributed by atoms with Crippen molar-refractivity contribution < 1.29 is 29.3 Å². The van der Waals surface area contributed by atoms with Crippen molar-refractivity contribution in [3.63, 3.8) is 0 Å². The molecule has 1 aliphatic rings. The molecule has 9 nitrogen and oxygen atoms in total. The van der Waals surface area contributed by atoms with Crippen LogP contribution < -0.4 is 14.4 Å². The van der Waals surface area contributed by atoms with Gasteiger partial charge in [0.2, 0.25) is 5.13 Å². The number of halogens is 1. The summed E-state index contributed by atoms with van der Waals surface area (Å²) in [5, 5.41) is 30.9. The first-order chi connectivity index (χ1) is 23.1. The van der Waals surface area contributed by atoms with Gasteiger partial charge in [0.15, 0.2) is 15.8 Å². The molecule has 2 heterocycles. The van der Waals surface area contributed by atoms with E-state index in [-0.39, 0.29) is 32.4 Å². The minimum atomic E-state index is -1.10. The third-order valence-corrected chi connectivity index (χ3v) is 10.6. The van der Waals surface area contributed by atoms with E-state index < -0.39 is 17.7 Å². The highest BCUT2D eigenvalue weighted by molar-refractivity contribution is 9.10. The lowest BCUT2D eigenvalue weighted by Gasteiger charge is -2.23. The van der Waals surface area contributed by atoms with Crippen LogP contribution in [0, 0.1) is 13.8 Å². The van der Waals surface area contributed by atoms with Crippen molar-refractivity contribution in [1.29, 1.82) is 0 Å². The number of nitrogens with zero attached hydrogens (tertiary/aromatic N) is 3. The minimum Gasteiger partial charge on any atom is -0.507 e. The van der Waals surface area contributed by atoms with E-state index in [9.17, 15) is 19.8 Å². The van der Waals surface area contributed by atoms with Crippen LogP contribution in [-0.2, 0) is 21.9 Å². The number of aromatic nitrogens is 2. The molecule has 1 fully saturated rings. The molecule has 12 heteroatoms. The zero-order valence-corrected chi connectivity index (χ0v) is 29.4. The Morgan fingerprint density at radius 1 is 1.00 bits per heavy atom. The van der Waals surface area contributed by atoms with Crippen molar-refractivity contribution >= 4 is 61.6 Å². The maximum absolute atomic E-state index is 13.7. The lowest BCUT2D eigenvalue weighted by molar-refractivity contribution is -0.132. The molecule has 0 saturated carbocycles. The van der Waals surface area contributed by atoms with Crippen molar-refractivity contribution in [3.8, 4) is 17.2 Å². The van der Waals surface area contributed by atoms with E-state index in [4.69, 9.17) is 9.47 Å². The summed E-state index contributed by atoms with van der Waals surface area (Å²) in [6.45, 7) is 4.41. The first-order valence-corrected chi connectivity index (χ1v) is 17.4. The van der Waals surface area contributed by atoms with Crippen LogP contribution in [0.3, 0.4) is 0 Å². The fourth-order valence-electron chi connectivity index (χ4n) is 5.24. The third kappa shape index (κ3) is 6.82. The van der Waals surface area contributed by atoms with Gasteiger partial charge >= 0.3 is 5.91 Å². The second-order valence-corrected chi connectivity index (χ2v) is 14.1. The lowest BCUT2D eigenvalue weighted by Crippen LogP contribution is -2.29. The smallest absolute Gasteiger partial charge is 0.301 e. The Morgan fingerprint density at radius 3 is 2.44 bits per heavy atom. The maximum Gasteiger partial charge on any atom is 0.301 e. The number of aromatic hydroxyl groups is 1. The molecule has 2 N–H and O–H groups in total. The van der Waals surface area contributed by atoms with Crippen molar-refractivity contribution in [3.05, 3.63) is 128 Å². The number of methoxy groups -OCH3 is 1. The van der Waals surface area contributed by atoms with Gasteiger partial charge in [-0.2, -0.15) is 0 Å². The van der Waals surface area contributed by atoms with Crippen LogP contribution in [0.2, 0.25) is 0 Å². The summed E-state index contributed by atoms with van der Waals surface area (Å²) < 4.78 is 12.2. The van der Waals surface area contributed by atoms with Gasteiger partial charge in [0.05, 0.1) is 23.2 Å². The molecule has 1 saturated heterocycles. The molecule has 4 aromatic carbocycles. The number of thioether (sulfide) groups is 1. The monoisotopic (exact) mass is 743 g/mol. The normalized spacial score (nSPS) is 15.6. The summed E-state index contributed by atoms with van der Waals surface area (Å²) in [7, 11) is 1.40. The topological polar surface area (TPSA) is 122 Å². The molecule has 244 valence electrons. The first kappa shape index (κ1) is 33.3. The minimum absolute atomic E-state index is 0.117. The van der Waals surface area contributed by atoms with E-state index in [1.807, 2.05) is 62.4 Å². The number of phenols is 1. The molecule has 1 atom stereocenters. The number of benzene rings is 4. The number of hydrogen-bond donors (Lipinski definition) is 2. The Labute approximate surface area is 294 Å². The number of amides is 1. The summed E-state index contributed by atoms with van der Waals surface area (Å²) in [6.07, 6.45) is 0. The summed E-state index contributed by atoms with van der Waals surface area (Å²) in [5.41, 5.74) is 5.01. The van der Waals surface area contributed by atoms with Gasteiger partial charge in [-0.3, -0.25) is 14.5 Å². The highest BCUT2D eigenvalue weighted by Gasteiger charge is 2.48. The number of aliphatic hydroxyl groups is 1. The highest BCUT2D eigenvalue weighted by Crippen LogP contribution is 2.47. The highest BCUT2D eigenvalue weighted by atomic mass is 79.9. The van der Waals surface area contributed by atoms with E-state index in [0.29, 0.717) is 33.6 Å². The predicted octanol–water partition coefficient (Wildman–Crippen LogP) is 8.13. The second kappa shape index (κ2) is 14.2. The fraction of sp³-hybridized carbons (Fsp3) is 0.167. The molecule has 5 aromatic rings. The molecule has 0 bridgehead atoms. The number of anilines is 1. The van der Waals surface area contributed by atoms with Crippen LogP contribution in [0.15, 0.2) is 99.3 Å². The number of carbonyl (C=O) groups is 2. The second-order valence-electron chi connectivity index (χ2n) is 11.1. The molecule has 0 aliphatic carbocycles. The first-order valence-electron chi connectivity index (χ1n) is 14.8. The molecular weight excluding hydrogens is 714 g/mol. The fourth-order valence-corrected chi connectivity index (χ4v) is 7.52. The molecule has 1 aliphatic heterocycles. The number of hydrogen-bond acceptors (Lipinski definition) is 10. The van der Waals surface area contributed by atoms with Gasteiger partial charge in [-0.05, 0) is 88.4 Å². The quantitative estimate of drug-likeness (QED) is 0.0480. The van der Waals surface area contributed by atoms with Gasteiger partial charge in [0, 0.05) is 11.3 Å². The molecule has 1 unspecified atom stereocenters. The average molecular weight is 745 g/mol. The van der Waals surface area contributed by atoms with E-state index in [1.165, 1.54) is 41.2 Å². The van der Waals surface area contributed by atoms with E-state index in [0.717, 1.165) is 22.3 Å². The molecule has 48 heavy (non-hydrogen) atoms. The van der Waals surface area contributed by atoms with E-state index in [2.05, 4.69) is 26.1 Å². The van der Waals surface area contributed by atoms with Crippen molar-refractivity contribution in [2.75, 3.05) is 12.0 Å². The summed E-state index contributed by atoms with van der Waals surface area (Å²) in [4.78, 5) is 28.7. The van der Waals surface area contributed by atoms with Crippen molar-refractivity contribution in [2.24, 2.45) is 0 Å². The maximum atomic E-state index is 13.7. The number of ketones is 1. The van der Waals surface area contributed by atoms with Crippen LogP contribution in [0.4, 0.5) is 5.13 Å². The number of aryl methyl sites for hydroxylation is 2. The van der Waals surface area contributed by atoms with Gasteiger partial charge in [0.25, 0.3) is 5.78 Å². The summed E-state index contributed by atoms with van der Waals surface area (Å²) in [5.74, 6) is -0.934. The zero-order chi connectivity index (χ0) is 33.9. The van der Waals surface area contributed by atoms with Crippen LogP contribution in [0.5, 0.6) is 17.2 Å². The Bertz CT molecular complexity index is 2030. The zero-order valence-electron chi connectivity index (χ0n) is 26.1. The summed E-state index contributed by atoms with van der Waals surface area (Å²) >= 11 is 5.98. The molecule has 1 amide bonds. The van der Waals surface area contributed by atoms with Crippen LogP contribution in [0.25, 0.3) is 5.76 Å². The Hall–Kier alpha value is -4.65. The van der Waals surface area contributed by atoms with E-state index in [1.54, 1.807) is 30.3 Å². The average Bonchev–Trinajstić information content (AvgIpc) is 3.66. The van der Waals surface area contributed by atoms with E-state index >= 15 is 0 Å². The number of phenolic OH excluding ortho intramolecular Hbond substituents is 1. The van der Waals surface area contributed by atoms with Crippen LogP contribution >= 0.6 is 39.0 Å². The molecular formula is C36H30BrN3O6S2. The number of rotatable bonds is 10. The SMILES string of the molecule is COc1cc(C2C(=C(O)c3ccc(OCc4ccccc4C)cc3)C(=O)C(=O)N2c2nnc(SCc3ccc(C)cc3)s2)cc(Br)c1O. The number of aliphatic hydroxyl groups excluding tert-OH is 1. The van der Waals surface area contributed by atoms with Crippen LogP contribution in [-0.4, -0.2) is 39.2 Å². The summed E-state index contributed by atoms with van der Waals surface area (Å²) in [6, 6.07) is 24.7.